The maximum Gasteiger partial charge on any atom is 0.311 e. The smallest absolute Gasteiger partial charge is 0.311 e. The second-order valence-corrected chi connectivity index (χ2v) is 6.50. The van der Waals surface area contributed by atoms with Crippen molar-refractivity contribution in [2.75, 3.05) is 0 Å². The van der Waals surface area contributed by atoms with Crippen LogP contribution in [-0.2, 0) is 14.3 Å². The Morgan fingerprint density at radius 2 is 1.95 bits per heavy atom. The molecule has 1 fully saturated rings. The zero-order chi connectivity index (χ0) is 14.8. The van der Waals surface area contributed by atoms with Gasteiger partial charge in [0.15, 0.2) is 0 Å². The first-order valence-corrected chi connectivity index (χ1v) is 6.82. The fourth-order valence-electron chi connectivity index (χ4n) is 2.68. The molecule has 0 heterocycles. The number of nitrogens with two attached hydrogens (primary N) is 1. The summed E-state index contributed by atoms with van der Waals surface area (Å²) in [7, 11) is 0. The molecule has 5 heteroatoms. The maximum absolute atomic E-state index is 12.3. The van der Waals surface area contributed by atoms with Crippen LogP contribution < -0.4 is 5.73 Å². The predicted octanol–water partition coefficient (Wildman–Crippen LogP) is 1.94. The van der Waals surface area contributed by atoms with E-state index in [1.165, 1.54) is 0 Å². The van der Waals surface area contributed by atoms with Crippen LogP contribution in [-0.4, -0.2) is 28.2 Å². The van der Waals surface area contributed by atoms with E-state index in [2.05, 4.69) is 0 Å². The minimum absolute atomic E-state index is 0.372. The standard InChI is InChI=1S/C14H25NO4/c1-9(11(16)17)14(15)8-6-5-7-10(14)12(18)19-13(2,3)4/h9-10H,5-8,15H2,1-4H3,(H,16,17). The minimum atomic E-state index is -1.01. The Kier molecular flexibility index (Phi) is 4.61. The van der Waals surface area contributed by atoms with E-state index < -0.39 is 28.9 Å². The normalized spacial score (nSPS) is 29.6. The zero-order valence-electron chi connectivity index (χ0n) is 12.2. The highest BCUT2D eigenvalue weighted by molar-refractivity contribution is 5.78. The summed E-state index contributed by atoms with van der Waals surface area (Å²) in [6.07, 6.45) is 2.88. The van der Waals surface area contributed by atoms with Gasteiger partial charge in [0.25, 0.3) is 0 Å². The van der Waals surface area contributed by atoms with Crippen molar-refractivity contribution < 1.29 is 19.4 Å². The van der Waals surface area contributed by atoms with Gasteiger partial charge < -0.3 is 15.6 Å². The van der Waals surface area contributed by atoms with Crippen molar-refractivity contribution in [2.45, 2.75) is 64.5 Å². The number of carbonyl (C=O) groups is 2. The number of aliphatic carboxylic acids is 1. The van der Waals surface area contributed by atoms with Crippen LogP contribution in [0.3, 0.4) is 0 Å². The number of esters is 1. The van der Waals surface area contributed by atoms with Crippen LogP contribution in [0.5, 0.6) is 0 Å². The van der Waals surface area contributed by atoms with Crippen molar-refractivity contribution in [3.05, 3.63) is 0 Å². The molecule has 3 N–H and O–H groups in total. The SMILES string of the molecule is CC(C(=O)O)C1(N)CCCCC1C(=O)OC(C)(C)C. The van der Waals surface area contributed by atoms with Gasteiger partial charge in [-0.1, -0.05) is 19.8 Å². The fraction of sp³-hybridized carbons (Fsp3) is 0.857. The summed E-state index contributed by atoms with van der Waals surface area (Å²) in [5, 5.41) is 9.20. The van der Waals surface area contributed by atoms with Gasteiger partial charge in [-0.05, 0) is 33.6 Å². The molecule has 0 amide bonds. The van der Waals surface area contributed by atoms with Gasteiger partial charge in [-0.3, -0.25) is 9.59 Å². The van der Waals surface area contributed by atoms with Crippen LogP contribution in [0.2, 0.25) is 0 Å². The molecular formula is C14H25NO4. The average Bonchev–Trinajstić information content (AvgIpc) is 2.25. The molecule has 1 rings (SSSR count). The lowest BCUT2D eigenvalue weighted by molar-refractivity contribution is -0.166. The largest absolute Gasteiger partial charge is 0.481 e. The van der Waals surface area contributed by atoms with Crippen LogP contribution in [0.4, 0.5) is 0 Å². The highest BCUT2D eigenvalue weighted by Crippen LogP contribution is 2.38. The van der Waals surface area contributed by atoms with Crippen molar-refractivity contribution in [1.29, 1.82) is 0 Å². The van der Waals surface area contributed by atoms with Crippen molar-refractivity contribution in [3.8, 4) is 0 Å². The first kappa shape index (κ1) is 16.0. The molecule has 0 aromatic rings. The van der Waals surface area contributed by atoms with Crippen LogP contribution in [0.25, 0.3) is 0 Å². The first-order chi connectivity index (χ1) is 8.58. The third kappa shape index (κ3) is 3.69. The molecule has 1 aliphatic rings. The monoisotopic (exact) mass is 271 g/mol. The topological polar surface area (TPSA) is 89.6 Å². The highest BCUT2D eigenvalue weighted by atomic mass is 16.6. The fourth-order valence-corrected chi connectivity index (χ4v) is 2.68. The van der Waals surface area contributed by atoms with Gasteiger partial charge >= 0.3 is 11.9 Å². The summed E-state index contributed by atoms with van der Waals surface area (Å²) in [4.78, 5) is 23.5. The summed E-state index contributed by atoms with van der Waals surface area (Å²) in [6.45, 7) is 6.97. The molecule has 0 aromatic heterocycles. The molecule has 0 aromatic carbocycles. The lowest BCUT2D eigenvalue weighted by atomic mass is 9.67. The van der Waals surface area contributed by atoms with E-state index in [4.69, 9.17) is 10.5 Å². The first-order valence-electron chi connectivity index (χ1n) is 6.82. The Labute approximate surface area is 114 Å². The quantitative estimate of drug-likeness (QED) is 0.766. The number of hydrogen-bond donors (Lipinski definition) is 2. The third-order valence-corrected chi connectivity index (χ3v) is 3.87. The summed E-state index contributed by atoms with van der Waals surface area (Å²) in [5.41, 5.74) is 4.70. The van der Waals surface area contributed by atoms with Crippen molar-refractivity contribution >= 4 is 11.9 Å². The Hall–Kier alpha value is -1.10. The second kappa shape index (κ2) is 5.49. The summed E-state index contributed by atoms with van der Waals surface area (Å²) < 4.78 is 5.39. The Morgan fingerprint density at radius 1 is 1.37 bits per heavy atom. The van der Waals surface area contributed by atoms with Gasteiger partial charge in [-0.2, -0.15) is 0 Å². The van der Waals surface area contributed by atoms with Crippen LogP contribution in [0.1, 0.15) is 53.4 Å². The number of rotatable bonds is 3. The summed E-state index contributed by atoms with van der Waals surface area (Å²) >= 11 is 0. The Balaban J connectivity index is 2.95. The van der Waals surface area contributed by atoms with Crippen molar-refractivity contribution in [1.82, 2.24) is 0 Å². The predicted molar refractivity (Wildman–Crippen MR) is 71.5 cm³/mol. The number of carboxylic acid groups (broad SMARTS) is 1. The molecule has 1 saturated carbocycles. The van der Waals surface area contributed by atoms with E-state index in [1.54, 1.807) is 27.7 Å². The lowest BCUT2D eigenvalue weighted by Gasteiger charge is -2.43. The van der Waals surface area contributed by atoms with Gasteiger partial charge in [-0.25, -0.2) is 0 Å². The minimum Gasteiger partial charge on any atom is -0.481 e. The summed E-state index contributed by atoms with van der Waals surface area (Å²) in [6, 6.07) is 0. The summed E-state index contributed by atoms with van der Waals surface area (Å²) in [5.74, 6) is -2.63. The third-order valence-electron chi connectivity index (χ3n) is 3.87. The van der Waals surface area contributed by atoms with E-state index in [1.807, 2.05) is 0 Å². The molecule has 0 saturated heterocycles. The molecular weight excluding hydrogens is 246 g/mol. The second-order valence-electron chi connectivity index (χ2n) is 6.50. The van der Waals surface area contributed by atoms with Crippen LogP contribution in [0, 0.1) is 11.8 Å². The number of hydrogen-bond acceptors (Lipinski definition) is 4. The van der Waals surface area contributed by atoms with E-state index >= 15 is 0 Å². The van der Waals surface area contributed by atoms with Crippen molar-refractivity contribution in [2.24, 2.45) is 17.6 Å². The molecule has 3 atom stereocenters. The maximum atomic E-state index is 12.3. The molecule has 110 valence electrons. The van der Waals surface area contributed by atoms with Gasteiger partial charge in [0.05, 0.1) is 11.8 Å². The van der Waals surface area contributed by atoms with Gasteiger partial charge in [0, 0.05) is 5.54 Å². The molecule has 5 nitrogen and oxygen atoms in total. The van der Waals surface area contributed by atoms with Crippen LogP contribution in [0.15, 0.2) is 0 Å². The van der Waals surface area contributed by atoms with Crippen molar-refractivity contribution in [3.63, 3.8) is 0 Å². The van der Waals surface area contributed by atoms with Gasteiger partial charge in [0.2, 0.25) is 0 Å². The van der Waals surface area contributed by atoms with Gasteiger partial charge in [0.1, 0.15) is 5.60 Å². The number of ether oxygens (including phenoxy) is 1. The number of carboxylic acids is 1. The molecule has 3 unspecified atom stereocenters. The Morgan fingerprint density at radius 3 is 2.42 bits per heavy atom. The molecule has 0 radical (unpaired) electrons. The van der Waals surface area contributed by atoms with Crippen LogP contribution >= 0.6 is 0 Å². The molecule has 1 aliphatic carbocycles. The van der Waals surface area contributed by atoms with E-state index in [9.17, 15) is 14.7 Å². The molecule has 0 spiro atoms. The highest BCUT2D eigenvalue weighted by Gasteiger charge is 2.49. The zero-order valence-corrected chi connectivity index (χ0v) is 12.2. The number of carbonyl (C=O) groups excluding carboxylic acids is 1. The molecule has 0 bridgehead atoms. The van der Waals surface area contributed by atoms with Gasteiger partial charge in [-0.15, -0.1) is 0 Å². The van der Waals surface area contributed by atoms with E-state index in [0.717, 1.165) is 12.8 Å². The lowest BCUT2D eigenvalue weighted by Crippen LogP contribution is -2.59. The van der Waals surface area contributed by atoms with E-state index in [-0.39, 0.29) is 5.97 Å². The molecule has 0 aliphatic heterocycles. The average molecular weight is 271 g/mol. The van der Waals surface area contributed by atoms with E-state index in [0.29, 0.717) is 12.8 Å². The Bertz CT molecular complexity index is 361. The molecule has 19 heavy (non-hydrogen) atoms.